The number of benzene rings is 7. The molecule has 266 valence electrons. The van der Waals surface area contributed by atoms with Gasteiger partial charge in [-0.15, -0.1) is 0 Å². The van der Waals surface area contributed by atoms with E-state index in [1.807, 2.05) is 104 Å². The quantitative estimate of drug-likeness (QED) is 0.0717. The summed E-state index contributed by atoms with van der Waals surface area (Å²) in [6.45, 7) is 3.73. The summed E-state index contributed by atoms with van der Waals surface area (Å²) in [5.74, 6) is -0.962. The molecule has 6 radical (unpaired) electrons. The number of aliphatic imine (C=N–C) groups is 3. The van der Waals surface area contributed by atoms with Crippen LogP contribution < -0.4 is 21.7 Å². The average Bonchev–Trinajstić information content (AvgIpc) is 3.80. The topological polar surface area (TPSA) is 108 Å². The molecule has 2 heterocycles. The number of aromatic hydroxyl groups is 2. The molecule has 8 nitrogen and oxygen atoms in total. The minimum Gasteiger partial charge on any atom is -0.509 e. The van der Waals surface area contributed by atoms with E-state index in [9.17, 15) is 10.2 Å². The van der Waals surface area contributed by atoms with Gasteiger partial charge in [0.15, 0.2) is 11.7 Å². The zero-order valence-electron chi connectivity index (χ0n) is 30.7. The molecule has 0 aliphatic heterocycles. The van der Waals surface area contributed by atoms with Crippen molar-refractivity contribution >= 4 is 113 Å². The Labute approximate surface area is 331 Å². The summed E-state index contributed by atoms with van der Waals surface area (Å²) in [6.07, 6.45) is 0. The van der Waals surface area contributed by atoms with Gasteiger partial charge in [0.25, 0.3) is 0 Å². The van der Waals surface area contributed by atoms with Gasteiger partial charge in [-0.25, -0.2) is 15.0 Å². The lowest BCUT2D eigenvalue weighted by Crippen LogP contribution is -2.34. The predicted octanol–water partition coefficient (Wildman–Crippen LogP) is 7.41. The van der Waals surface area contributed by atoms with Crippen LogP contribution in [0, 0.1) is 0 Å². The molecule has 0 amide bonds. The summed E-state index contributed by atoms with van der Waals surface area (Å²) in [6, 6.07) is 44.2. The molecule has 0 saturated carbocycles. The molecule has 11 heteroatoms. The molecule has 0 aliphatic rings. The number of hydrogen-bond donors (Lipinski definition) is 3. The number of nitrogens with one attached hydrogen (secondary N) is 1. The van der Waals surface area contributed by atoms with E-state index >= 15 is 0 Å². The first-order valence-electron chi connectivity index (χ1n) is 18.1. The lowest BCUT2D eigenvalue weighted by atomic mass is 9.73. The number of furan rings is 1. The third-order valence-electron chi connectivity index (χ3n) is 10.3. The van der Waals surface area contributed by atoms with Crippen molar-refractivity contribution in [1.82, 2.24) is 4.57 Å². The van der Waals surface area contributed by atoms with Crippen molar-refractivity contribution in [3.05, 3.63) is 145 Å². The zero-order chi connectivity index (χ0) is 39.4. The largest absolute Gasteiger partial charge is 0.509 e. The molecular weight excluding hydrogens is 703 g/mol. The second-order valence-corrected chi connectivity index (χ2v) is 13.5. The van der Waals surface area contributed by atoms with Crippen molar-refractivity contribution in [2.75, 3.05) is 12.4 Å². The monoisotopic (exact) mass is 733 g/mol. The fourth-order valence-corrected chi connectivity index (χ4v) is 7.60. The summed E-state index contributed by atoms with van der Waals surface area (Å²) >= 11 is 0. The van der Waals surface area contributed by atoms with Crippen LogP contribution in [-0.2, 0) is 0 Å². The molecule has 2 aromatic heterocycles. The van der Waals surface area contributed by atoms with Gasteiger partial charge in [-0.1, -0.05) is 89.8 Å². The van der Waals surface area contributed by atoms with Gasteiger partial charge in [0, 0.05) is 56.7 Å². The van der Waals surface area contributed by atoms with Crippen LogP contribution in [0.5, 0.6) is 11.5 Å². The van der Waals surface area contributed by atoms with Gasteiger partial charge in [0.05, 0.1) is 22.3 Å². The zero-order valence-corrected chi connectivity index (χ0v) is 30.7. The number of fused-ring (bicyclic) bond motifs is 6. The standard InChI is InChI=1S/C46H30B3N5O3/c1-50-32-22-23-34-38(30-16-7-10-18-33(30)54(34)26-12-4-3-5-13-26)37(32)29-15-6-9-17-31(29)52-45(25-20-21-28-27-14-8-11-19-35(27)57-36(28)24-25)53-46(51-2)39-40(47)44(56)42(49)41(48)43(39)55/h3-24,50,55-56H,2H2,1H3. The van der Waals surface area contributed by atoms with Crippen LogP contribution in [0.4, 0.5) is 11.4 Å². The summed E-state index contributed by atoms with van der Waals surface area (Å²) in [5.41, 5.74) is 7.34. The van der Waals surface area contributed by atoms with Crippen LogP contribution in [0.1, 0.15) is 11.1 Å². The highest BCUT2D eigenvalue weighted by Gasteiger charge is 2.23. The van der Waals surface area contributed by atoms with E-state index in [1.165, 1.54) is 0 Å². The van der Waals surface area contributed by atoms with Gasteiger partial charge in [0.1, 0.15) is 46.2 Å². The van der Waals surface area contributed by atoms with Crippen LogP contribution in [-0.4, -0.2) is 63.8 Å². The summed E-state index contributed by atoms with van der Waals surface area (Å²) in [7, 11) is 20.2. The number of aromatic nitrogens is 1. The van der Waals surface area contributed by atoms with Gasteiger partial charge in [-0.2, -0.15) is 0 Å². The SMILES string of the molecule is [B]c1c([B])c(O)c(C(N=C)=NC(=Nc2ccccc2-c2c(NC)ccc3c2c2ccccc2n3-c2ccccc2)c2ccc3c(c2)oc2ccccc23)c([B])c1O. The number of amidine groups is 2. The van der Waals surface area contributed by atoms with E-state index in [2.05, 4.69) is 58.0 Å². The highest BCUT2D eigenvalue weighted by Crippen LogP contribution is 2.45. The van der Waals surface area contributed by atoms with Crippen molar-refractivity contribution in [2.45, 2.75) is 0 Å². The molecule has 3 N–H and O–H groups in total. The number of hydrogen-bond acceptors (Lipinski definition) is 5. The van der Waals surface area contributed by atoms with E-state index in [0.29, 0.717) is 16.8 Å². The smallest absolute Gasteiger partial charge is 0.164 e. The van der Waals surface area contributed by atoms with Crippen molar-refractivity contribution in [2.24, 2.45) is 15.0 Å². The maximum Gasteiger partial charge on any atom is 0.164 e. The highest BCUT2D eigenvalue weighted by atomic mass is 16.3. The first-order valence-corrected chi connectivity index (χ1v) is 18.1. The molecule has 0 spiro atoms. The molecule has 0 unspecified atom stereocenters. The molecule has 0 bridgehead atoms. The molecule has 0 fully saturated rings. The molecule has 57 heavy (non-hydrogen) atoms. The summed E-state index contributed by atoms with van der Waals surface area (Å²) in [4.78, 5) is 14.3. The molecule has 7 aromatic carbocycles. The van der Waals surface area contributed by atoms with Crippen LogP contribution in [0.2, 0.25) is 0 Å². The lowest BCUT2D eigenvalue weighted by molar-refractivity contribution is 0.469. The molecule has 9 aromatic rings. The molecule has 9 rings (SSSR count). The Morgan fingerprint density at radius 3 is 2.14 bits per heavy atom. The minimum absolute atomic E-state index is 0.142. The number of anilines is 1. The maximum atomic E-state index is 11.2. The van der Waals surface area contributed by atoms with Gasteiger partial charge in [0.2, 0.25) is 0 Å². The Kier molecular flexibility index (Phi) is 8.77. The van der Waals surface area contributed by atoms with Crippen molar-refractivity contribution in [3.63, 3.8) is 0 Å². The highest BCUT2D eigenvalue weighted by molar-refractivity contribution is 6.55. The summed E-state index contributed by atoms with van der Waals surface area (Å²) in [5, 5.41) is 29.3. The third-order valence-corrected chi connectivity index (χ3v) is 10.3. The fourth-order valence-electron chi connectivity index (χ4n) is 7.60. The summed E-state index contributed by atoms with van der Waals surface area (Å²) < 4.78 is 8.54. The number of nitrogens with zero attached hydrogens (tertiary/aromatic N) is 4. The van der Waals surface area contributed by atoms with E-state index in [4.69, 9.17) is 37.9 Å². The van der Waals surface area contributed by atoms with Crippen molar-refractivity contribution < 1.29 is 14.6 Å². The van der Waals surface area contributed by atoms with E-state index in [-0.39, 0.29) is 33.6 Å². The number of phenols is 2. The normalized spacial score (nSPS) is 12.2. The fraction of sp³-hybridized carbons (Fsp3) is 0.0217. The Morgan fingerprint density at radius 1 is 0.667 bits per heavy atom. The number of rotatable bonds is 6. The number of para-hydroxylation sites is 4. The molecular formula is C46H30B3N5O3. The second-order valence-electron chi connectivity index (χ2n) is 13.5. The van der Waals surface area contributed by atoms with Crippen LogP contribution in [0.25, 0.3) is 60.6 Å². The molecule has 0 saturated heterocycles. The van der Waals surface area contributed by atoms with E-state index in [1.54, 1.807) is 0 Å². The Bertz CT molecular complexity index is 3120. The third kappa shape index (κ3) is 5.78. The van der Waals surface area contributed by atoms with Crippen molar-refractivity contribution in [3.8, 4) is 28.3 Å². The lowest BCUT2D eigenvalue weighted by Gasteiger charge is -2.17. The Balaban J connectivity index is 1.34. The second kappa shape index (κ2) is 14.1. The van der Waals surface area contributed by atoms with Crippen LogP contribution in [0.3, 0.4) is 0 Å². The van der Waals surface area contributed by atoms with Gasteiger partial charge >= 0.3 is 0 Å². The Hall–Kier alpha value is -7.26. The van der Waals surface area contributed by atoms with E-state index in [0.717, 1.165) is 60.7 Å². The maximum absolute atomic E-state index is 11.2. The first-order chi connectivity index (χ1) is 27.8. The average molecular weight is 733 g/mol. The molecule has 0 atom stereocenters. The first kappa shape index (κ1) is 35.4. The van der Waals surface area contributed by atoms with Crippen LogP contribution >= 0.6 is 0 Å². The predicted molar refractivity (Wildman–Crippen MR) is 238 cm³/mol. The van der Waals surface area contributed by atoms with Crippen LogP contribution in [0.15, 0.2) is 153 Å². The van der Waals surface area contributed by atoms with Gasteiger partial charge < -0.3 is 24.5 Å². The van der Waals surface area contributed by atoms with E-state index < -0.39 is 11.5 Å². The molecule has 0 aliphatic carbocycles. The van der Waals surface area contributed by atoms with Crippen molar-refractivity contribution in [1.29, 1.82) is 0 Å². The number of phenolic OH excluding ortho intramolecular Hbond substituents is 2. The minimum atomic E-state index is -0.508. The Morgan fingerprint density at radius 2 is 1.35 bits per heavy atom. The van der Waals surface area contributed by atoms with Gasteiger partial charge in [-0.05, 0) is 66.8 Å². The van der Waals surface area contributed by atoms with Gasteiger partial charge in [-0.3, -0.25) is 0 Å².